The van der Waals surface area contributed by atoms with Gasteiger partial charge in [-0.15, -0.1) is 16.4 Å². The average Bonchev–Trinajstić information content (AvgIpc) is 3.25. The highest BCUT2D eigenvalue weighted by atomic mass is 32.1. The van der Waals surface area contributed by atoms with E-state index in [1.54, 1.807) is 15.9 Å². The second-order valence-corrected chi connectivity index (χ2v) is 8.16. The second-order valence-electron chi connectivity index (χ2n) is 7.21. The first kappa shape index (κ1) is 19.3. The fraction of sp³-hybridized carbons (Fsp3) is 0.381. The summed E-state index contributed by atoms with van der Waals surface area (Å²) in [7, 11) is 0. The van der Waals surface area contributed by atoms with Gasteiger partial charge in [-0.2, -0.15) is 0 Å². The van der Waals surface area contributed by atoms with E-state index in [-0.39, 0.29) is 18.0 Å². The number of ketones is 1. The summed E-state index contributed by atoms with van der Waals surface area (Å²) in [6.45, 7) is 6.79. The van der Waals surface area contributed by atoms with E-state index in [1.807, 2.05) is 48.7 Å². The Morgan fingerprint density at radius 3 is 2.63 bits per heavy atom. The molecule has 0 unspecified atom stereocenters. The summed E-state index contributed by atoms with van der Waals surface area (Å²) in [5.74, 6) is 0.985. The van der Waals surface area contributed by atoms with Crippen LogP contribution in [0, 0.1) is 12.8 Å². The average molecular weight is 384 g/mol. The Hall–Kier alpha value is -2.47. The Bertz CT molecular complexity index is 968. The molecule has 27 heavy (non-hydrogen) atoms. The summed E-state index contributed by atoms with van der Waals surface area (Å²) in [5, 5.41) is 6.44. The van der Waals surface area contributed by atoms with Crippen LogP contribution in [0.3, 0.4) is 0 Å². The maximum absolute atomic E-state index is 12.8. The predicted octanol–water partition coefficient (Wildman–Crippen LogP) is 3.94. The molecular weight excluding hydrogens is 358 g/mol. The van der Waals surface area contributed by atoms with E-state index in [0.717, 1.165) is 4.88 Å². The van der Waals surface area contributed by atoms with E-state index in [2.05, 4.69) is 18.9 Å². The van der Waals surface area contributed by atoms with Gasteiger partial charge >= 0.3 is 5.69 Å². The molecule has 0 radical (unpaired) electrons. The Balaban J connectivity index is 1.77. The molecular formula is C21H25N3O2S. The standard InChI is InChI=1S/C21H25N3O2S/c1-15(2)13-23-20(19-9-6-12-27-19)22-24(21(23)26)14-18(25)11-10-17-8-5-4-7-16(17)3/h4-9,12,15H,10-11,13-14H2,1-3H3. The lowest BCUT2D eigenvalue weighted by Crippen LogP contribution is -2.29. The zero-order chi connectivity index (χ0) is 19.4. The van der Waals surface area contributed by atoms with Crippen molar-refractivity contribution in [1.82, 2.24) is 14.3 Å². The van der Waals surface area contributed by atoms with Gasteiger partial charge < -0.3 is 0 Å². The minimum absolute atomic E-state index is 0.0206. The lowest BCUT2D eigenvalue weighted by atomic mass is 10.0. The number of Topliss-reactive ketones (excluding diaryl/α,β-unsaturated/α-hetero) is 1. The lowest BCUT2D eigenvalue weighted by molar-refractivity contribution is -0.119. The summed E-state index contributed by atoms with van der Waals surface area (Å²) in [5.41, 5.74) is 2.14. The molecule has 0 atom stereocenters. The van der Waals surface area contributed by atoms with Crippen LogP contribution in [0.2, 0.25) is 0 Å². The van der Waals surface area contributed by atoms with Crippen molar-refractivity contribution in [3.05, 3.63) is 63.4 Å². The van der Waals surface area contributed by atoms with Crippen molar-refractivity contribution in [2.45, 2.75) is 46.7 Å². The topological polar surface area (TPSA) is 56.9 Å². The smallest absolute Gasteiger partial charge is 0.298 e. The van der Waals surface area contributed by atoms with Gasteiger partial charge in [-0.25, -0.2) is 9.48 Å². The van der Waals surface area contributed by atoms with Gasteiger partial charge in [-0.1, -0.05) is 44.2 Å². The van der Waals surface area contributed by atoms with E-state index in [0.29, 0.717) is 31.1 Å². The van der Waals surface area contributed by atoms with Crippen LogP contribution in [-0.4, -0.2) is 20.1 Å². The maximum Gasteiger partial charge on any atom is 0.346 e. The molecule has 3 aromatic rings. The number of aryl methyl sites for hydroxylation is 2. The fourth-order valence-electron chi connectivity index (χ4n) is 3.07. The second kappa shape index (κ2) is 8.48. The number of nitrogens with zero attached hydrogens (tertiary/aromatic N) is 3. The highest BCUT2D eigenvalue weighted by molar-refractivity contribution is 7.13. The van der Waals surface area contributed by atoms with Crippen LogP contribution >= 0.6 is 11.3 Å². The Morgan fingerprint density at radius 1 is 1.19 bits per heavy atom. The zero-order valence-corrected chi connectivity index (χ0v) is 16.8. The molecule has 0 fully saturated rings. The van der Waals surface area contributed by atoms with E-state index in [1.165, 1.54) is 15.8 Å². The highest BCUT2D eigenvalue weighted by Crippen LogP contribution is 2.22. The third kappa shape index (κ3) is 4.63. The summed E-state index contributed by atoms with van der Waals surface area (Å²) in [6.07, 6.45) is 1.09. The van der Waals surface area contributed by atoms with Crippen molar-refractivity contribution in [3.63, 3.8) is 0 Å². The number of hydrogen-bond acceptors (Lipinski definition) is 4. The SMILES string of the molecule is Cc1ccccc1CCC(=O)Cn1nc(-c2cccs2)n(CC(C)C)c1=O. The first-order valence-corrected chi connectivity index (χ1v) is 10.1. The van der Waals surface area contributed by atoms with E-state index < -0.39 is 0 Å². The van der Waals surface area contributed by atoms with Gasteiger partial charge in [0.2, 0.25) is 0 Å². The number of aromatic nitrogens is 3. The van der Waals surface area contributed by atoms with Crippen LogP contribution in [0.1, 0.15) is 31.4 Å². The molecule has 2 aromatic heterocycles. The van der Waals surface area contributed by atoms with Gasteiger partial charge in [0.05, 0.1) is 4.88 Å². The van der Waals surface area contributed by atoms with Gasteiger partial charge in [0, 0.05) is 13.0 Å². The van der Waals surface area contributed by atoms with E-state index in [9.17, 15) is 9.59 Å². The molecule has 142 valence electrons. The van der Waals surface area contributed by atoms with Gasteiger partial charge in [-0.05, 0) is 41.8 Å². The summed E-state index contributed by atoms with van der Waals surface area (Å²) in [4.78, 5) is 26.2. The molecule has 0 aliphatic heterocycles. The van der Waals surface area contributed by atoms with Gasteiger partial charge in [0.25, 0.3) is 0 Å². The third-order valence-corrected chi connectivity index (χ3v) is 5.34. The molecule has 2 heterocycles. The molecule has 1 aromatic carbocycles. The normalized spacial score (nSPS) is 11.3. The Morgan fingerprint density at radius 2 is 1.96 bits per heavy atom. The zero-order valence-electron chi connectivity index (χ0n) is 16.0. The molecule has 0 saturated heterocycles. The van der Waals surface area contributed by atoms with Gasteiger partial charge in [0.15, 0.2) is 11.6 Å². The lowest BCUT2D eigenvalue weighted by Gasteiger charge is -2.06. The first-order chi connectivity index (χ1) is 13.0. The molecule has 0 aliphatic carbocycles. The van der Waals surface area contributed by atoms with E-state index >= 15 is 0 Å². The maximum atomic E-state index is 12.8. The van der Waals surface area contributed by atoms with E-state index in [4.69, 9.17) is 0 Å². The minimum Gasteiger partial charge on any atom is -0.298 e. The summed E-state index contributed by atoms with van der Waals surface area (Å²) >= 11 is 1.55. The van der Waals surface area contributed by atoms with Crippen molar-refractivity contribution in [2.24, 2.45) is 5.92 Å². The first-order valence-electron chi connectivity index (χ1n) is 9.23. The monoisotopic (exact) mass is 383 g/mol. The predicted molar refractivity (Wildman–Crippen MR) is 109 cm³/mol. The fourth-order valence-corrected chi connectivity index (χ4v) is 3.79. The molecule has 6 heteroatoms. The van der Waals surface area contributed by atoms with Crippen molar-refractivity contribution >= 4 is 17.1 Å². The number of benzene rings is 1. The molecule has 0 saturated carbocycles. The van der Waals surface area contributed by atoms with Crippen LogP contribution in [0.15, 0.2) is 46.6 Å². The number of carbonyl (C=O) groups excluding carboxylic acids is 1. The van der Waals surface area contributed by atoms with Crippen LogP contribution in [-0.2, 0) is 24.3 Å². The number of hydrogen-bond donors (Lipinski definition) is 0. The quantitative estimate of drug-likeness (QED) is 0.592. The molecule has 5 nitrogen and oxygen atoms in total. The third-order valence-electron chi connectivity index (χ3n) is 4.47. The van der Waals surface area contributed by atoms with Crippen molar-refractivity contribution < 1.29 is 4.79 Å². The number of thiophene rings is 1. The molecule has 0 aliphatic rings. The number of carbonyl (C=O) groups is 1. The van der Waals surface area contributed by atoms with Crippen molar-refractivity contribution in [1.29, 1.82) is 0 Å². The largest absolute Gasteiger partial charge is 0.346 e. The van der Waals surface area contributed by atoms with Crippen molar-refractivity contribution in [3.8, 4) is 10.7 Å². The van der Waals surface area contributed by atoms with Crippen LogP contribution in [0.5, 0.6) is 0 Å². The summed E-state index contributed by atoms with van der Waals surface area (Å²) in [6, 6.07) is 12.0. The van der Waals surface area contributed by atoms with Gasteiger partial charge in [0.1, 0.15) is 6.54 Å². The molecule has 0 N–H and O–H groups in total. The Labute approximate surface area is 163 Å². The summed E-state index contributed by atoms with van der Waals surface area (Å²) < 4.78 is 3.00. The van der Waals surface area contributed by atoms with Crippen LogP contribution in [0.4, 0.5) is 0 Å². The number of rotatable bonds is 8. The molecule has 0 spiro atoms. The molecule has 0 bridgehead atoms. The minimum atomic E-state index is -0.212. The van der Waals surface area contributed by atoms with Crippen LogP contribution in [0.25, 0.3) is 10.7 Å². The van der Waals surface area contributed by atoms with Gasteiger partial charge in [-0.3, -0.25) is 9.36 Å². The highest BCUT2D eigenvalue weighted by Gasteiger charge is 2.18. The van der Waals surface area contributed by atoms with Crippen molar-refractivity contribution in [2.75, 3.05) is 0 Å². The molecule has 3 rings (SSSR count). The molecule has 0 amide bonds. The van der Waals surface area contributed by atoms with Crippen LogP contribution < -0.4 is 5.69 Å². The Kier molecular flexibility index (Phi) is 6.06.